The monoisotopic (exact) mass is 240 g/mol. The molecule has 1 aromatic carbocycles. The van der Waals surface area contributed by atoms with Crippen molar-refractivity contribution in [2.24, 2.45) is 5.73 Å². The van der Waals surface area contributed by atoms with Gasteiger partial charge in [-0.3, -0.25) is 4.79 Å². The number of carbonyl (C=O) groups excluding carboxylic acids is 1. The van der Waals surface area contributed by atoms with E-state index < -0.39 is 0 Å². The molecule has 3 nitrogen and oxygen atoms in total. The van der Waals surface area contributed by atoms with Crippen molar-refractivity contribution in [1.29, 1.82) is 0 Å². The highest BCUT2D eigenvalue weighted by atomic mass is 35.5. The zero-order valence-corrected chi connectivity index (χ0v) is 9.96. The van der Waals surface area contributed by atoms with E-state index in [0.717, 1.165) is 31.0 Å². The van der Waals surface area contributed by atoms with Gasteiger partial charge in [-0.15, -0.1) is 0 Å². The van der Waals surface area contributed by atoms with Crippen LogP contribution in [0.1, 0.15) is 18.4 Å². The first kappa shape index (κ1) is 13.0. The molecule has 0 aromatic heterocycles. The van der Waals surface area contributed by atoms with Gasteiger partial charge < -0.3 is 11.1 Å². The van der Waals surface area contributed by atoms with Crippen molar-refractivity contribution in [3.8, 4) is 0 Å². The summed E-state index contributed by atoms with van der Waals surface area (Å²) in [4.78, 5) is 10.5. The van der Waals surface area contributed by atoms with Crippen LogP contribution in [0.3, 0.4) is 0 Å². The molecule has 0 aliphatic heterocycles. The fourth-order valence-corrected chi connectivity index (χ4v) is 1.52. The minimum atomic E-state index is -0.237. The van der Waals surface area contributed by atoms with Crippen molar-refractivity contribution in [2.45, 2.75) is 19.3 Å². The Balaban J connectivity index is 2.07. The van der Waals surface area contributed by atoms with E-state index in [4.69, 9.17) is 17.3 Å². The highest BCUT2D eigenvalue weighted by Gasteiger charge is 1.95. The minimum absolute atomic E-state index is 0.237. The van der Waals surface area contributed by atoms with Crippen molar-refractivity contribution in [1.82, 2.24) is 5.32 Å². The fraction of sp³-hybridized carbons (Fsp3) is 0.417. The van der Waals surface area contributed by atoms with Gasteiger partial charge in [0.05, 0.1) is 0 Å². The first-order valence-corrected chi connectivity index (χ1v) is 5.80. The maximum Gasteiger partial charge on any atom is 0.217 e. The number of primary amides is 1. The Morgan fingerprint density at radius 1 is 1.25 bits per heavy atom. The first-order chi connectivity index (χ1) is 7.68. The second-order valence-corrected chi connectivity index (χ2v) is 4.13. The number of amides is 1. The van der Waals surface area contributed by atoms with Crippen LogP contribution in [0, 0.1) is 0 Å². The second kappa shape index (κ2) is 7.25. The van der Waals surface area contributed by atoms with Gasteiger partial charge in [0, 0.05) is 11.4 Å². The molecule has 88 valence electrons. The van der Waals surface area contributed by atoms with Crippen LogP contribution >= 0.6 is 11.6 Å². The molecule has 0 atom stereocenters. The van der Waals surface area contributed by atoms with Crippen molar-refractivity contribution in [3.05, 3.63) is 34.9 Å². The molecule has 0 aliphatic rings. The Bertz CT molecular complexity index is 324. The fourth-order valence-electron chi connectivity index (χ4n) is 1.40. The summed E-state index contributed by atoms with van der Waals surface area (Å²) in [6.45, 7) is 1.73. The van der Waals surface area contributed by atoms with E-state index in [1.807, 2.05) is 24.3 Å². The summed E-state index contributed by atoms with van der Waals surface area (Å²) in [5, 5.41) is 4.03. The molecular weight excluding hydrogens is 224 g/mol. The first-order valence-electron chi connectivity index (χ1n) is 5.42. The summed E-state index contributed by atoms with van der Waals surface area (Å²) in [6, 6.07) is 7.83. The van der Waals surface area contributed by atoms with Gasteiger partial charge in [0.15, 0.2) is 0 Å². The van der Waals surface area contributed by atoms with E-state index in [1.165, 1.54) is 5.56 Å². The molecule has 0 bridgehead atoms. The van der Waals surface area contributed by atoms with Gasteiger partial charge in [-0.1, -0.05) is 23.7 Å². The SMILES string of the molecule is NC(=O)CCCNCCc1ccc(Cl)cc1. The van der Waals surface area contributed by atoms with Gasteiger partial charge in [0.2, 0.25) is 5.91 Å². The summed E-state index contributed by atoms with van der Waals surface area (Å²) in [5.41, 5.74) is 6.29. The number of hydrogen-bond acceptors (Lipinski definition) is 2. The summed E-state index contributed by atoms with van der Waals surface area (Å²) in [6.07, 6.45) is 2.22. The molecule has 1 aromatic rings. The molecule has 0 spiro atoms. The number of halogens is 1. The molecule has 4 heteroatoms. The maximum atomic E-state index is 10.5. The second-order valence-electron chi connectivity index (χ2n) is 3.70. The Labute approximate surface area is 101 Å². The quantitative estimate of drug-likeness (QED) is 0.714. The van der Waals surface area contributed by atoms with E-state index in [1.54, 1.807) is 0 Å². The Morgan fingerprint density at radius 3 is 2.56 bits per heavy atom. The summed E-state index contributed by atoms with van der Waals surface area (Å²) >= 11 is 5.78. The Morgan fingerprint density at radius 2 is 1.94 bits per heavy atom. The average molecular weight is 241 g/mol. The van der Waals surface area contributed by atoms with Gasteiger partial charge in [0.1, 0.15) is 0 Å². The highest BCUT2D eigenvalue weighted by molar-refractivity contribution is 6.30. The molecule has 0 aliphatic carbocycles. The van der Waals surface area contributed by atoms with Gasteiger partial charge in [-0.2, -0.15) is 0 Å². The van der Waals surface area contributed by atoms with Gasteiger partial charge in [-0.25, -0.2) is 0 Å². The van der Waals surface area contributed by atoms with E-state index in [-0.39, 0.29) is 5.91 Å². The third-order valence-electron chi connectivity index (χ3n) is 2.28. The van der Waals surface area contributed by atoms with Crippen LogP contribution < -0.4 is 11.1 Å². The standard InChI is InChI=1S/C12H17ClN2O/c13-11-5-3-10(4-6-11)7-9-15-8-1-2-12(14)16/h3-6,15H,1-2,7-9H2,(H2,14,16). The molecule has 3 N–H and O–H groups in total. The van der Waals surface area contributed by atoms with Crippen LogP contribution in [0.15, 0.2) is 24.3 Å². The summed E-state index contributed by atoms with van der Waals surface area (Å²) in [7, 11) is 0. The zero-order chi connectivity index (χ0) is 11.8. The van der Waals surface area contributed by atoms with Gasteiger partial charge in [-0.05, 0) is 43.6 Å². The smallest absolute Gasteiger partial charge is 0.217 e. The van der Waals surface area contributed by atoms with E-state index in [2.05, 4.69) is 5.32 Å². The number of rotatable bonds is 7. The highest BCUT2D eigenvalue weighted by Crippen LogP contribution is 2.09. The Kier molecular flexibility index (Phi) is 5.90. The van der Waals surface area contributed by atoms with E-state index >= 15 is 0 Å². The molecule has 0 saturated carbocycles. The van der Waals surface area contributed by atoms with Crippen LogP contribution in [0.2, 0.25) is 5.02 Å². The van der Waals surface area contributed by atoms with Crippen LogP contribution in [-0.2, 0) is 11.2 Å². The largest absolute Gasteiger partial charge is 0.370 e. The van der Waals surface area contributed by atoms with Crippen LogP contribution in [0.4, 0.5) is 0 Å². The van der Waals surface area contributed by atoms with Crippen molar-refractivity contribution in [2.75, 3.05) is 13.1 Å². The predicted molar refractivity (Wildman–Crippen MR) is 66.5 cm³/mol. The molecule has 0 unspecified atom stereocenters. The number of benzene rings is 1. The lowest BCUT2D eigenvalue weighted by atomic mass is 10.1. The molecule has 1 rings (SSSR count). The third kappa shape index (κ3) is 5.73. The molecular formula is C12H17ClN2O. The lowest BCUT2D eigenvalue weighted by Gasteiger charge is -2.04. The van der Waals surface area contributed by atoms with Crippen LogP contribution in [0.25, 0.3) is 0 Å². The van der Waals surface area contributed by atoms with Gasteiger partial charge in [0.25, 0.3) is 0 Å². The van der Waals surface area contributed by atoms with E-state index in [9.17, 15) is 4.79 Å². The summed E-state index contributed by atoms with van der Waals surface area (Å²) < 4.78 is 0. The molecule has 0 fully saturated rings. The predicted octanol–water partition coefficient (Wildman–Crippen LogP) is 1.74. The Hall–Kier alpha value is -1.06. The lowest BCUT2D eigenvalue weighted by molar-refractivity contribution is -0.118. The zero-order valence-electron chi connectivity index (χ0n) is 9.21. The van der Waals surface area contributed by atoms with Gasteiger partial charge >= 0.3 is 0 Å². The normalized spacial score (nSPS) is 10.3. The molecule has 16 heavy (non-hydrogen) atoms. The lowest BCUT2D eigenvalue weighted by Crippen LogP contribution is -2.20. The van der Waals surface area contributed by atoms with Crippen LogP contribution in [0.5, 0.6) is 0 Å². The average Bonchev–Trinajstić information content (AvgIpc) is 2.25. The molecule has 0 radical (unpaired) electrons. The molecule has 1 amide bonds. The maximum absolute atomic E-state index is 10.5. The van der Waals surface area contributed by atoms with Crippen molar-refractivity contribution in [3.63, 3.8) is 0 Å². The number of nitrogens with two attached hydrogens (primary N) is 1. The minimum Gasteiger partial charge on any atom is -0.370 e. The number of nitrogens with one attached hydrogen (secondary N) is 1. The topological polar surface area (TPSA) is 55.1 Å². The number of carbonyl (C=O) groups is 1. The third-order valence-corrected chi connectivity index (χ3v) is 2.53. The van der Waals surface area contributed by atoms with Crippen LogP contribution in [-0.4, -0.2) is 19.0 Å². The van der Waals surface area contributed by atoms with E-state index in [0.29, 0.717) is 6.42 Å². The molecule has 0 heterocycles. The molecule has 0 saturated heterocycles. The van der Waals surface area contributed by atoms with Crippen molar-refractivity contribution >= 4 is 17.5 Å². The summed E-state index contributed by atoms with van der Waals surface area (Å²) in [5.74, 6) is -0.237. The van der Waals surface area contributed by atoms with Crippen molar-refractivity contribution < 1.29 is 4.79 Å². The number of hydrogen-bond donors (Lipinski definition) is 2.